The van der Waals surface area contributed by atoms with Gasteiger partial charge in [0.15, 0.2) is 17.3 Å². The van der Waals surface area contributed by atoms with E-state index in [4.69, 9.17) is 30.2 Å². The molecular weight excluding hydrogens is 386 g/mol. The Morgan fingerprint density at radius 3 is 2.93 bits per heavy atom. The molecule has 1 aliphatic heterocycles. The van der Waals surface area contributed by atoms with Crippen LogP contribution in [0.4, 0.5) is 0 Å². The van der Waals surface area contributed by atoms with Crippen molar-refractivity contribution in [3.8, 4) is 17.2 Å². The first-order valence-electron chi connectivity index (χ1n) is 8.68. The zero-order chi connectivity index (χ0) is 19.7. The fourth-order valence-electron chi connectivity index (χ4n) is 2.92. The number of carbonyl (C=O) groups excluding carboxylic acids is 1. The van der Waals surface area contributed by atoms with Gasteiger partial charge in [0, 0.05) is 28.6 Å². The first-order valence-corrected chi connectivity index (χ1v) is 9.06. The van der Waals surface area contributed by atoms with E-state index in [-0.39, 0.29) is 25.7 Å². The molecule has 2 aromatic carbocycles. The number of halogens is 1. The van der Waals surface area contributed by atoms with E-state index in [9.17, 15) is 9.90 Å². The maximum absolute atomic E-state index is 12.4. The molecule has 0 bridgehead atoms. The predicted molar refractivity (Wildman–Crippen MR) is 102 cm³/mol. The molecule has 0 radical (unpaired) electrons. The number of aryl methyl sites for hydroxylation is 1. The third-order valence-corrected chi connectivity index (χ3v) is 4.62. The topological polar surface area (TPSA) is 90.2 Å². The van der Waals surface area contributed by atoms with Gasteiger partial charge in [-0.15, -0.1) is 0 Å². The Balaban J connectivity index is 1.32. The molecule has 4 rings (SSSR count). The van der Waals surface area contributed by atoms with Crippen molar-refractivity contribution in [2.45, 2.75) is 13.0 Å². The zero-order valence-corrected chi connectivity index (χ0v) is 15.8. The minimum Gasteiger partial charge on any atom is -0.491 e. The molecular formula is C20H18ClNO6. The van der Waals surface area contributed by atoms with Crippen LogP contribution in [0.1, 0.15) is 16.1 Å². The smallest absolute Gasteiger partial charge is 0.287 e. The van der Waals surface area contributed by atoms with E-state index >= 15 is 0 Å². The quantitative estimate of drug-likeness (QED) is 0.656. The summed E-state index contributed by atoms with van der Waals surface area (Å²) in [6.45, 7) is 1.99. The lowest BCUT2D eigenvalue weighted by Gasteiger charge is -2.13. The molecule has 2 heterocycles. The molecule has 0 saturated heterocycles. The number of aliphatic hydroxyl groups is 1. The number of nitrogens with one attached hydrogen (secondary N) is 1. The van der Waals surface area contributed by atoms with Gasteiger partial charge in [0.05, 0.1) is 0 Å². The van der Waals surface area contributed by atoms with Crippen molar-refractivity contribution in [2.24, 2.45) is 0 Å². The van der Waals surface area contributed by atoms with E-state index in [1.54, 1.807) is 43.3 Å². The maximum Gasteiger partial charge on any atom is 0.287 e. The van der Waals surface area contributed by atoms with E-state index in [1.807, 2.05) is 0 Å². The highest BCUT2D eigenvalue weighted by molar-refractivity contribution is 6.31. The zero-order valence-electron chi connectivity index (χ0n) is 15.0. The molecule has 0 fully saturated rings. The molecule has 0 saturated carbocycles. The van der Waals surface area contributed by atoms with Crippen LogP contribution in [0.25, 0.3) is 11.0 Å². The van der Waals surface area contributed by atoms with Crippen LogP contribution in [-0.2, 0) is 0 Å². The van der Waals surface area contributed by atoms with Crippen molar-refractivity contribution in [1.29, 1.82) is 0 Å². The molecule has 2 N–H and O–H groups in total. The van der Waals surface area contributed by atoms with Gasteiger partial charge in [-0.25, -0.2) is 0 Å². The molecule has 0 aliphatic carbocycles. The largest absolute Gasteiger partial charge is 0.491 e. The van der Waals surface area contributed by atoms with E-state index in [2.05, 4.69) is 5.32 Å². The van der Waals surface area contributed by atoms with Crippen molar-refractivity contribution >= 4 is 28.5 Å². The molecule has 3 aromatic rings. The number of furan rings is 1. The van der Waals surface area contributed by atoms with Gasteiger partial charge in [-0.05, 0) is 37.3 Å². The number of ether oxygens (including phenoxy) is 3. The number of carbonyl (C=O) groups is 1. The molecule has 1 atom stereocenters. The summed E-state index contributed by atoms with van der Waals surface area (Å²) in [7, 11) is 0. The lowest BCUT2D eigenvalue weighted by atomic mass is 10.1. The summed E-state index contributed by atoms with van der Waals surface area (Å²) in [4.78, 5) is 12.4. The van der Waals surface area contributed by atoms with Crippen LogP contribution in [0.2, 0.25) is 5.02 Å². The van der Waals surface area contributed by atoms with Crippen molar-refractivity contribution in [3.05, 3.63) is 52.7 Å². The van der Waals surface area contributed by atoms with Crippen LogP contribution in [0, 0.1) is 6.92 Å². The Morgan fingerprint density at radius 1 is 1.25 bits per heavy atom. The molecule has 8 heteroatoms. The summed E-state index contributed by atoms with van der Waals surface area (Å²) < 4.78 is 21.7. The van der Waals surface area contributed by atoms with Crippen LogP contribution in [0.15, 0.2) is 40.8 Å². The highest BCUT2D eigenvalue weighted by Gasteiger charge is 2.19. The lowest BCUT2D eigenvalue weighted by Crippen LogP contribution is -2.35. The molecule has 1 unspecified atom stereocenters. The first-order chi connectivity index (χ1) is 13.5. The lowest BCUT2D eigenvalue weighted by molar-refractivity contribution is 0.0823. The van der Waals surface area contributed by atoms with Crippen LogP contribution >= 0.6 is 11.6 Å². The first kappa shape index (κ1) is 18.5. The number of aliphatic hydroxyl groups excluding tert-OH is 1. The summed E-state index contributed by atoms with van der Waals surface area (Å²) >= 11 is 5.99. The summed E-state index contributed by atoms with van der Waals surface area (Å²) in [6, 6.07) is 10.3. The van der Waals surface area contributed by atoms with Gasteiger partial charge in [0.1, 0.15) is 24.0 Å². The van der Waals surface area contributed by atoms with Gasteiger partial charge in [-0.2, -0.15) is 0 Å². The average Bonchev–Trinajstić information content (AvgIpc) is 3.28. The van der Waals surface area contributed by atoms with Crippen LogP contribution in [-0.4, -0.2) is 37.1 Å². The normalized spacial score (nSPS) is 13.5. The third kappa shape index (κ3) is 3.72. The van der Waals surface area contributed by atoms with Crippen molar-refractivity contribution in [3.63, 3.8) is 0 Å². The SMILES string of the molecule is Cc1c(C(=O)NCC(O)COc2ccc3c(c2)OCO3)oc2ccc(Cl)cc12. The summed E-state index contributed by atoms with van der Waals surface area (Å²) in [5, 5.41) is 14.1. The molecule has 1 aliphatic rings. The fraction of sp³-hybridized carbons (Fsp3) is 0.250. The molecule has 7 nitrogen and oxygen atoms in total. The number of hydrogen-bond acceptors (Lipinski definition) is 6. The summed E-state index contributed by atoms with van der Waals surface area (Å²) in [5.74, 6) is 1.58. The molecule has 0 spiro atoms. The van der Waals surface area contributed by atoms with Crippen LogP contribution in [0.5, 0.6) is 17.2 Å². The number of amides is 1. The monoisotopic (exact) mass is 403 g/mol. The van der Waals surface area contributed by atoms with E-state index in [0.29, 0.717) is 33.4 Å². The minimum absolute atomic E-state index is 0.00858. The maximum atomic E-state index is 12.4. The van der Waals surface area contributed by atoms with Crippen molar-refractivity contribution in [1.82, 2.24) is 5.32 Å². The van der Waals surface area contributed by atoms with Gasteiger partial charge in [-0.1, -0.05) is 11.6 Å². The molecule has 1 amide bonds. The second-order valence-electron chi connectivity index (χ2n) is 6.39. The number of rotatable bonds is 6. The Kier molecular flexibility index (Phi) is 5.02. The number of benzene rings is 2. The predicted octanol–water partition coefficient (Wildman–Crippen LogP) is 3.29. The van der Waals surface area contributed by atoms with Gasteiger partial charge in [-0.3, -0.25) is 4.79 Å². The highest BCUT2D eigenvalue weighted by Crippen LogP contribution is 2.35. The van der Waals surface area contributed by atoms with Crippen LogP contribution in [0.3, 0.4) is 0 Å². The minimum atomic E-state index is -0.895. The van der Waals surface area contributed by atoms with Crippen molar-refractivity contribution in [2.75, 3.05) is 19.9 Å². The average molecular weight is 404 g/mol. The Hall–Kier alpha value is -2.90. The van der Waals surface area contributed by atoms with Gasteiger partial charge >= 0.3 is 0 Å². The third-order valence-electron chi connectivity index (χ3n) is 4.39. The van der Waals surface area contributed by atoms with Gasteiger partial charge in [0.25, 0.3) is 5.91 Å². The second-order valence-corrected chi connectivity index (χ2v) is 6.82. The Bertz CT molecular complexity index is 1030. The number of hydrogen-bond donors (Lipinski definition) is 2. The summed E-state index contributed by atoms with van der Waals surface area (Å²) in [6.07, 6.45) is -0.895. The van der Waals surface area contributed by atoms with E-state index in [0.717, 1.165) is 5.39 Å². The van der Waals surface area contributed by atoms with Gasteiger partial charge < -0.3 is 29.1 Å². The second kappa shape index (κ2) is 7.61. The van der Waals surface area contributed by atoms with Crippen LogP contribution < -0.4 is 19.5 Å². The van der Waals surface area contributed by atoms with Crippen molar-refractivity contribution < 1.29 is 28.5 Å². The standard InChI is InChI=1S/C20H18ClNO6/c1-11-15-6-12(21)2-4-16(15)28-19(11)20(24)22-8-13(23)9-25-14-3-5-17-18(7-14)27-10-26-17/h2-7,13,23H,8-10H2,1H3,(H,22,24). The Morgan fingerprint density at radius 2 is 2.07 bits per heavy atom. The van der Waals surface area contributed by atoms with E-state index in [1.165, 1.54) is 0 Å². The highest BCUT2D eigenvalue weighted by atomic mass is 35.5. The fourth-order valence-corrected chi connectivity index (χ4v) is 3.09. The molecule has 1 aromatic heterocycles. The molecule has 28 heavy (non-hydrogen) atoms. The Labute approximate surface area is 165 Å². The summed E-state index contributed by atoms with van der Waals surface area (Å²) in [5.41, 5.74) is 1.28. The van der Waals surface area contributed by atoms with E-state index < -0.39 is 12.0 Å². The number of fused-ring (bicyclic) bond motifs is 2. The molecule has 146 valence electrons. The van der Waals surface area contributed by atoms with Gasteiger partial charge in [0.2, 0.25) is 6.79 Å².